The second-order valence-corrected chi connectivity index (χ2v) is 3.43. The van der Waals surface area contributed by atoms with Gasteiger partial charge in [0, 0.05) is 0 Å². The molecule has 0 heterocycles. The maximum atomic E-state index is 9.75. The van der Waals surface area contributed by atoms with Crippen LogP contribution in [0.5, 0.6) is 0 Å². The summed E-state index contributed by atoms with van der Waals surface area (Å²) < 4.78 is 5.20. The molecule has 0 atom stereocenters. The monoisotopic (exact) mass is 211 g/mol. The number of nitrogens with zero attached hydrogens (tertiary/aromatic N) is 1. The van der Waals surface area contributed by atoms with Gasteiger partial charge in [-0.1, -0.05) is 31.8 Å². The maximum Gasteiger partial charge on any atom is 0.234 e. The Hall–Kier alpha value is -1.08. The average Bonchev–Trinajstić information content (AvgIpc) is 2.26. The van der Waals surface area contributed by atoms with E-state index in [0.717, 1.165) is 25.9 Å². The van der Waals surface area contributed by atoms with E-state index in [-0.39, 0.29) is 0 Å². The van der Waals surface area contributed by atoms with Crippen LogP contribution in [0, 0.1) is 0 Å². The van der Waals surface area contributed by atoms with Crippen LogP contribution < -0.4 is 0 Å². The van der Waals surface area contributed by atoms with E-state index in [2.05, 4.69) is 4.99 Å². The summed E-state index contributed by atoms with van der Waals surface area (Å²) >= 11 is 0. The molecule has 0 aliphatic carbocycles. The highest BCUT2D eigenvalue weighted by molar-refractivity contribution is 5.32. The molecule has 0 rings (SSSR count). The molecule has 0 aliphatic heterocycles. The molecular formula is C12H21NO2. The van der Waals surface area contributed by atoms with Crippen molar-refractivity contribution in [1.82, 2.24) is 0 Å². The number of isocyanates is 1. The van der Waals surface area contributed by atoms with Crippen molar-refractivity contribution in [3.8, 4) is 0 Å². The number of aliphatic imine (C=N–C) groups is 1. The molecule has 0 saturated heterocycles. The summed E-state index contributed by atoms with van der Waals surface area (Å²) in [7, 11) is 0. The Morgan fingerprint density at radius 2 is 1.80 bits per heavy atom. The van der Waals surface area contributed by atoms with Gasteiger partial charge in [-0.2, -0.15) is 0 Å². The topological polar surface area (TPSA) is 38.7 Å². The van der Waals surface area contributed by atoms with Gasteiger partial charge in [0.05, 0.1) is 19.4 Å². The minimum atomic E-state index is 0.633. The molecule has 0 aromatic carbocycles. The van der Waals surface area contributed by atoms with Gasteiger partial charge in [-0.25, -0.2) is 9.79 Å². The molecule has 0 spiro atoms. The highest BCUT2D eigenvalue weighted by Crippen LogP contribution is 2.05. The first-order chi connectivity index (χ1) is 7.41. The summed E-state index contributed by atoms with van der Waals surface area (Å²) in [5, 5.41) is 0. The van der Waals surface area contributed by atoms with Crippen molar-refractivity contribution in [2.75, 3.05) is 13.2 Å². The summed E-state index contributed by atoms with van der Waals surface area (Å²) in [6.07, 6.45) is 12.1. The Bertz CT molecular complexity index is 196. The van der Waals surface area contributed by atoms with Gasteiger partial charge in [0.2, 0.25) is 6.08 Å². The number of rotatable bonds is 10. The van der Waals surface area contributed by atoms with E-state index in [1.165, 1.54) is 19.3 Å². The summed E-state index contributed by atoms with van der Waals surface area (Å²) in [4.78, 5) is 13.3. The van der Waals surface area contributed by atoms with Crippen LogP contribution in [0.3, 0.4) is 0 Å². The van der Waals surface area contributed by atoms with Crippen molar-refractivity contribution < 1.29 is 9.53 Å². The fourth-order valence-corrected chi connectivity index (χ4v) is 1.29. The zero-order chi connectivity index (χ0) is 11.2. The molecule has 0 radical (unpaired) electrons. The number of ether oxygens (including phenoxy) is 1. The lowest BCUT2D eigenvalue weighted by atomic mass is 10.1. The Kier molecular flexibility index (Phi) is 12.0. The van der Waals surface area contributed by atoms with E-state index in [0.29, 0.717) is 6.54 Å². The lowest BCUT2D eigenvalue weighted by Crippen LogP contribution is -1.88. The Labute approximate surface area is 92.2 Å². The zero-order valence-electron chi connectivity index (χ0n) is 9.58. The second-order valence-electron chi connectivity index (χ2n) is 3.43. The van der Waals surface area contributed by atoms with E-state index >= 15 is 0 Å². The number of unbranched alkanes of at least 4 members (excludes halogenated alkanes) is 5. The van der Waals surface area contributed by atoms with Crippen molar-refractivity contribution in [3.63, 3.8) is 0 Å². The summed E-state index contributed by atoms with van der Waals surface area (Å²) in [5.41, 5.74) is 0. The standard InChI is InChI=1S/C12H21NO2/c1-2-10-15-11-8-6-4-3-5-7-9-13-12-14/h2,10H,3-9,11H2,1H3. The molecule has 3 nitrogen and oxygen atoms in total. The van der Waals surface area contributed by atoms with Crippen LogP contribution in [0.25, 0.3) is 0 Å². The quantitative estimate of drug-likeness (QED) is 0.241. The predicted octanol–water partition coefficient (Wildman–Crippen LogP) is 3.21. The van der Waals surface area contributed by atoms with Crippen LogP contribution >= 0.6 is 0 Å². The van der Waals surface area contributed by atoms with Gasteiger partial charge in [-0.05, 0) is 19.8 Å². The van der Waals surface area contributed by atoms with Crippen molar-refractivity contribution in [2.24, 2.45) is 4.99 Å². The molecule has 0 bridgehead atoms. The van der Waals surface area contributed by atoms with Crippen LogP contribution in [0.15, 0.2) is 17.3 Å². The number of allylic oxidation sites excluding steroid dienone is 1. The van der Waals surface area contributed by atoms with Gasteiger partial charge in [0.1, 0.15) is 0 Å². The van der Waals surface area contributed by atoms with Gasteiger partial charge in [0.25, 0.3) is 0 Å². The van der Waals surface area contributed by atoms with Gasteiger partial charge in [0.15, 0.2) is 0 Å². The summed E-state index contributed by atoms with van der Waals surface area (Å²) in [6, 6.07) is 0. The van der Waals surface area contributed by atoms with E-state index in [1.807, 2.05) is 13.0 Å². The largest absolute Gasteiger partial charge is 0.502 e. The normalized spacial score (nSPS) is 10.2. The molecule has 0 unspecified atom stereocenters. The first-order valence-corrected chi connectivity index (χ1v) is 5.68. The van der Waals surface area contributed by atoms with E-state index < -0.39 is 0 Å². The molecular weight excluding hydrogens is 190 g/mol. The Morgan fingerprint density at radius 1 is 1.13 bits per heavy atom. The third-order valence-corrected chi connectivity index (χ3v) is 2.08. The van der Waals surface area contributed by atoms with E-state index in [1.54, 1.807) is 12.3 Å². The minimum absolute atomic E-state index is 0.633. The molecule has 0 N–H and O–H groups in total. The van der Waals surface area contributed by atoms with Gasteiger partial charge in [-0.3, -0.25) is 0 Å². The van der Waals surface area contributed by atoms with Crippen molar-refractivity contribution in [1.29, 1.82) is 0 Å². The van der Waals surface area contributed by atoms with Crippen molar-refractivity contribution >= 4 is 6.08 Å². The summed E-state index contributed by atoms with van der Waals surface area (Å²) in [6.45, 7) is 3.40. The first kappa shape index (κ1) is 13.9. The second kappa shape index (κ2) is 12.9. The lowest BCUT2D eigenvalue weighted by Gasteiger charge is -2.01. The molecule has 3 heteroatoms. The van der Waals surface area contributed by atoms with Crippen LogP contribution in [-0.2, 0) is 9.53 Å². The average molecular weight is 211 g/mol. The third kappa shape index (κ3) is 12.9. The molecule has 86 valence electrons. The van der Waals surface area contributed by atoms with Gasteiger partial charge >= 0.3 is 0 Å². The maximum absolute atomic E-state index is 9.75. The van der Waals surface area contributed by atoms with Crippen molar-refractivity contribution in [2.45, 2.75) is 45.4 Å². The zero-order valence-corrected chi connectivity index (χ0v) is 9.58. The van der Waals surface area contributed by atoms with Gasteiger partial charge in [-0.15, -0.1) is 0 Å². The number of hydrogen-bond acceptors (Lipinski definition) is 3. The Balaban J connectivity index is 2.95. The molecule has 0 aromatic rings. The smallest absolute Gasteiger partial charge is 0.234 e. The number of hydrogen-bond donors (Lipinski definition) is 0. The van der Waals surface area contributed by atoms with E-state index in [9.17, 15) is 4.79 Å². The minimum Gasteiger partial charge on any atom is -0.502 e. The van der Waals surface area contributed by atoms with E-state index in [4.69, 9.17) is 4.74 Å². The van der Waals surface area contributed by atoms with Crippen LogP contribution in [-0.4, -0.2) is 19.2 Å². The summed E-state index contributed by atoms with van der Waals surface area (Å²) in [5.74, 6) is 0. The first-order valence-electron chi connectivity index (χ1n) is 5.68. The van der Waals surface area contributed by atoms with Crippen LogP contribution in [0.2, 0.25) is 0 Å². The molecule has 15 heavy (non-hydrogen) atoms. The van der Waals surface area contributed by atoms with Crippen molar-refractivity contribution in [3.05, 3.63) is 12.3 Å². The predicted molar refractivity (Wildman–Crippen MR) is 61.5 cm³/mol. The molecule has 0 aromatic heterocycles. The molecule has 0 amide bonds. The SMILES string of the molecule is CC=COCCCCCCCCN=C=O. The highest BCUT2D eigenvalue weighted by Gasteiger charge is 1.90. The van der Waals surface area contributed by atoms with Gasteiger partial charge < -0.3 is 4.74 Å². The Morgan fingerprint density at radius 3 is 2.47 bits per heavy atom. The number of carbonyl (C=O) groups excluding carboxylic acids is 1. The fourth-order valence-electron chi connectivity index (χ4n) is 1.29. The molecule has 0 fully saturated rings. The fraction of sp³-hybridized carbons (Fsp3) is 0.750. The molecule has 0 saturated carbocycles. The third-order valence-electron chi connectivity index (χ3n) is 2.08. The highest BCUT2D eigenvalue weighted by atomic mass is 16.5. The van der Waals surface area contributed by atoms with Crippen LogP contribution in [0.1, 0.15) is 45.4 Å². The lowest BCUT2D eigenvalue weighted by molar-refractivity contribution is 0.240. The van der Waals surface area contributed by atoms with Crippen LogP contribution in [0.4, 0.5) is 0 Å². The molecule has 0 aliphatic rings.